The van der Waals surface area contributed by atoms with Crippen molar-refractivity contribution in [2.75, 3.05) is 12.5 Å². The van der Waals surface area contributed by atoms with E-state index >= 15 is 0 Å². The number of anilines is 1. The van der Waals surface area contributed by atoms with E-state index in [0.29, 0.717) is 5.13 Å². The van der Waals surface area contributed by atoms with Gasteiger partial charge >= 0.3 is 0 Å². The molecule has 1 heterocycles. The summed E-state index contributed by atoms with van der Waals surface area (Å²) in [5.41, 5.74) is 3.65. The molecule has 2 rings (SSSR count). The quantitative estimate of drug-likeness (QED) is 0.549. The van der Waals surface area contributed by atoms with E-state index in [0.717, 1.165) is 22.6 Å². The molecular formula is C14H13N7OS. The zero-order valence-electron chi connectivity index (χ0n) is 12.2. The van der Waals surface area contributed by atoms with E-state index in [1.807, 2.05) is 30.3 Å². The molecule has 9 heteroatoms. The predicted molar refractivity (Wildman–Crippen MR) is 87.0 cm³/mol. The maximum Gasteiger partial charge on any atom is 0.226 e. The van der Waals surface area contributed by atoms with Crippen LogP contribution in [-0.2, 0) is 0 Å². The van der Waals surface area contributed by atoms with Crippen LogP contribution >= 0.6 is 11.3 Å². The van der Waals surface area contributed by atoms with Crippen LogP contribution in [0.4, 0.5) is 5.13 Å². The van der Waals surface area contributed by atoms with Crippen molar-refractivity contribution in [2.45, 2.75) is 6.42 Å². The first-order chi connectivity index (χ1) is 11.1. The Hall–Kier alpha value is -3.12. The lowest BCUT2D eigenvalue weighted by Gasteiger charge is -2.01. The number of nitrogens with one attached hydrogen (secondary N) is 3. The minimum Gasteiger partial charge on any atom is -0.497 e. The largest absolute Gasteiger partial charge is 0.497 e. The van der Waals surface area contributed by atoms with Crippen molar-refractivity contribution in [3.05, 3.63) is 40.2 Å². The zero-order chi connectivity index (χ0) is 16.7. The van der Waals surface area contributed by atoms with Crippen molar-refractivity contribution < 1.29 is 4.74 Å². The number of methoxy groups -OCH3 is 1. The van der Waals surface area contributed by atoms with E-state index in [4.69, 9.17) is 20.8 Å². The van der Waals surface area contributed by atoms with Gasteiger partial charge in [0.05, 0.1) is 31.5 Å². The summed E-state index contributed by atoms with van der Waals surface area (Å²) >= 11 is 0.997. The summed E-state index contributed by atoms with van der Waals surface area (Å²) in [6.07, 6.45) is 1.50. The van der Waals surface area contributed by atoms with Gasteiger partial charge in [0.2, 0.25) is 5.13 Å². The highest BCUT2D eigenvalue weighted by atomic mass is 32.1. The number of ether oxygens (including phenoxy) is 1. The highest BCUT2D eigenvalue weighted by Gasteiger charge is 2.08. The van der Waals surface area contributed by atoms with Crippen LogP contribution < -0.4 is 14.8 Å². The van der Waals surface area contributed by atoms with Crippen molar-refractivity contribution in [1.29, 1.82) is 16.1 Å². The van der Waals surface area contributed by atoms with Crippen LogP contribution in [0.5, 0.6) is 5.75 Å². The Morgan fingerprint density at radius 3 is 2.78 bits per heavy atom. The second kappa shape index (κ2) is 7.77. The molecule has 0 aliphatic rings. The van der Waals surface area contributed by atoms with Gasteiger partial charge in [0.15, 0.2) is 0 Å². The van der Waals surface area contributed by atoms with Crippen molar-refractivity contribution in [2.24, 2.45) is 5.10 Å². The molecule has 1 aromatic heterocycles. The number of nitrogens with zero attached hydrogens (tertiary/aromatic N) is 4. The van der Waals surface area contributed by atoms with Gasteiger partial charge in [-0.15, -0.1) is 10.2 Å². The molecule has 0 saturated heterocycles. The molecule has 116 valence electrons. The fourth-order valence-corrected chi connectivity index (χ4v) is 2.20. The molecule has 0 aliphatic carbocycles. The molecule has 23 heavy (non-hydrogen) atoms. The number of rotatable bonds is 6. The van der Waals surface area contributed by atoms with Gasteiger partial charge in [0, 0.05) is 0 Å². The van der Waals surface area contributed by atoms with Crippen LogP contribution in [0.15, 0.2) is 29.4 Å². The summed E-state index contributed by atoms with van der Waals surface area (Å²) in [6.45, 7) is 0. The summed E-state index contributed by atoms with van der Waals surface area (Å²) in [7, 11) is 1.60. The van der Waals surface area contributed by atoms with Crippen LogP contribution in [-0.4, -0.2) is 29.2 Å². The number of hydrogen-bond donors (Lipinski definition) is 3. The Balaban J connectivity index is 2.04. The third kappa shape index (κ3) is 4.42. The third-order valence-corrected chi connectivity index (χ3v) is 3.45. The van der Waals surface area contributed by atoms with Crippen molar-refractivity contribution >= 4 is 28.4 Å². The SMILES string of the molecule is COc1ccc(/C=N/Nc2nnc(C(=N)CC#N)c(=N)s2)cc1. The summed E-state index contributed by atoms with van der Waals surface area (Å²) in [4.78, 5) is 0. The number of aromatic nitrogens is 2. The van der Waals surface area contributed by atoms with E-state index in [-0.39, 0.29) is 22.5 Å². The molecule has 3 N–H and O–H groups in total. The molecule has 2 aromatic rings. The first kappa shape index (κ1) is 16.3. The first-order valence-electron chi connectivity index (χ1n) is 6.44. The number of hydrazone groups is 1. The van der Waals surface area contributed by atoms with Crippen LogP contribution in [0.1, 0.15) is 17.7 Å². The zero-order valence-corrected chi connectivity index (χ0v) is 13.0. The molecule has 0 amide bonds. The Bertz CT molecular complexity index is 820. The first-order valence-corrected chi connectivity index (χ1v) is 7.26. The van der Waals surface area contributed by atoms with Gasteiger partial charge in [-0.05, 0) is 29.8 Å². The maximum absolute atomic E-state index is 8.56. The Morgan fingerprint density at radius 1 is 1.43 bits per heavy atom. The van der Waals surface area contributed by atoms with Gasteiger partial charge in [0.25, 0.3) is 0 Å². The van der Waals surface area contributed by atoms with Crippen LogP contribution in [0.2, 0.25) is 0 Å². The van der Waals surface area contributed by atoms with E-state index in [1.54, 1.807) is 13.3 Å². The lowest BCUT2D eigenvalue weighted by molar-refractivity contribution is 0.415. The predicted octanol–water partition coefficient (Wildman–Crippen LogP) is 1.75. The molecule has 0 saturated carbocycles. The molecule has 0 bridgehead atoms. The molecule has 8 nitrogen and oxygen atoms in total. The molecule has 0 fully saturated rings. The van der Waals surface area contributed by atoms with Crippen LogP contribution in [0, 0.1) is 22.1 Å². The van der Waals surface area contributed by atoms with Crippen LogP contribution in [0.25, 0.3) is 0 Å². The second-order valence-electron chi connectivity index (χ2n) is 4.24. The van der Waals surface area contributed by atoms with Gasteiger partial charge in [0.1, 0.15) is 16.1 Å². The second-order valence-corrected chi connectivity index (χ2v) is 5.24. The highest BCUT2D eigenvalue weighted by molar-refractivity contribution is 7.13. The summed E-state index contributed by atoms with van der Waals surface area (Å²) in [6, 6.07) is 9.19. The monoisotopic (exact) mass is 327 g/mol. The van der Waals surface area contributed by atoms with Crippen LogP contribution in [0.3, 0.4) is 0 Å². The number of hydrogen-bond acceptors (Lipinski definition) is 9. The lowest BCUT2D eigenvalue weighted by Crippen LogP contribution is -2.16. The Kier molecular flexibility index (Phi) is 5.49. The maximum atomic E-state index is 8.56. The molecular weight excluding hydrogens is 314 g/mol. The van der Waals surface area contributed by atoms with Gasteiger partial charge in [-0.1, -0.05) is 11.3 Å². The fourth-order valence-electron chi connectivity index (χ4n) is 1.56. The fraction of sp³-hybridized carbons (Fsp3) is 0.143. The smallest absolute Gasteiger partial charge is 0.226 e. The Morgan fingerprint density at radius 2 is 2.17 bits per heavy atom. The van der Waals surface area contributed by atoms with Gasteiger partial charge in [-0.25, -0.2) is 0 Å². The molecule has 1 aromatic carbocycles. The minimum atomic E-state index is -0.102. The van der Waals surface area contributed by atoms with Crippen molar-refractivity contribution in [3.63, 3.8) is 0 Å². The summed E-state index contributed by atoms with van der Waals surface area (Å²) in [5, 5.41) is 36.0. The molecule has 0 atom stereocenters. The average molecular weight is 327 g/mol. The standard InChI is InChI=1S/C14H13N7OS/c1-22-10-4-2-9(3-5-10)8-18-20-14-21-19-12(13(17)23-14)11(16)6-7-15/h2-5,8,16-17H,6H2,1H3,(H,20,21)/b16-11?,17-13?,18-8+. The van der Waals surface area contributed by atoms with E-state index in [2.05, 4.69) is 20.7 Å². The topological polar surface area (TPSA) is 131 Å². The normalized spacial score (nSPS) is 10.3. The van der Waals surface area contributed by atoms with E-state index in [1.165, 1.54) is 0 Å². The minimum absolute atomic E-state index is 0.0189. The summed E-state index contributed by atoms with van der Waals surface area (Å²) < 4.78 is 5.13. The van der Waals surface area contributed by atoms with Crippen molar-refractivity contribution in [1.82, 2.24) is 10.2 Å². The average Bonchev–Trinajstić information content (AvgIpc) is 2.56. The third-order valence-electron chi connectivity index (χ3n) is 2.69. The Labute approximate surface area is 136 Å². The van der Waals surface area contributed by atoms with Crippen molar-refractivity contribution in [3.8, 4) is 11.8 Å². The number of nitriles is 1. The number of benzene rings is 1. The summed E-state index contributed by atoms with van der Waals surface area (Å²) in [5.74, 6) is 0.762. The van der Waals surface area contributed by atoms with Gasteiger partial charge in [-0.2, -0.15) is 10.4 Å². The van der Waals surface area contributed by atoms with Gasteiger partial charge in [-0.3, -0.25) is 10.8 Å². The van der Waals surface area contributed by atoms with E-state index in [9.17, 15) is 0 Å². The molecule has 0 radical (unpaired) electrons. The lowest BCUT2D eigenvalue weighted by atomic mass is 10.2. The van der Waals surface area contributed by atoms with Gasteiger partial charge < -0.3 is 10.1 Å². The highest BCUT2D eigenvalue weighted by Crippen LogP contribution is 2.10. The molecule has 0 aliphatic heterocycles. The molecule has 0 unspecified atom stereocenters. The van der Waals surface area contributed by atoms with E-state index < -0.39 is 0 Å². The molecule has 0 spiro atoms.